The minimum atomic E-state index is -4.06. The maximum absolute atomic E-state index is 12.3. The molecule has 0 bridgehead atoms. The number of hydrogen-bond acceptors (Lipinski definition) is 6. The molecule has 11 heteroatoms. The van der Waals surface area contributed by atoms with Crippen LogP contribution in [0.15, 0.2) is 59.5 Å². The normalized spacial score (nSPS) is 12.0. The second kappa shape index (κ2) is 11.9. The standard InChI is InChI=1S/C22H26N4O6S/c23-21(24)16-12-10-15(11-13-16)19(27)8-4-5-9-20(28)25-14-18(22(29)30)26-33(31,32)17-6-2-1-3-7-17/h1-3,6-7,10-13,18,26H,4-5,8-9,14H2,(H3,23,24)(H,25,28)(H,29,30)/t18-/m0/s1. The van der Waals surface area contributed by atoms with Gasteiger partial charge in [0.1, 0.15) is 11.9 Å². The van der Waals surface area contributed by atoms with Crippen molar-refractivity contribution in [2.75, 3.05) is 6.54 Å². The lowest BCUT2D eigenvalue weighted by atomic mass is 10.0. The summed E-state index contributed by atoms with van der Waals surface area (Å²) in [6.07, 6.45) is 1.13. The molecule has 0 aromatic heterocycles. The number of unbranched alkanes of at least 4 members (excludes halogenated alkanes) is 1. The van der Waals surface area contributed by atoms with Gasteiger partial charge in [0.15, 0.2) is 5.78 Å². The van der Waals surface area contributed by atoms with Crippen molar-refractivity contribution in [1.82, 2.24) is 10.0 Å². The number of nitrogens with two attached hydrogens (primary N) is 1. The summed E-state index contributed by atoms with van der Waals surface area (Å²) in [6, 6.07) is 12.2. The predicted octanol–water partition coefficient (Wildman–Crippen LogP) is 1.26. The summed E-state index contributed by atoms with van der Waals surface area (Å²) in [7, 11) is -4.06. The molecule has 33 heavy (non-hydrogen) atoms. The van der Waals surface area contributed by atoms with Crippen molar-refractivity contribution >= 4 is 33.5 Å². The highest BCUT2D eigenvalue weighted by Crippen LogP contribution is 2.11. The zero-order valence-electron chi connectivity index (χ0n) is 17.8. The van der Waals surface area contributed by atoms with Gasteiger partial charge in [-0.05, 0) is 25.0 Å². The molecule has 0 radical (unpaired) electrons. The van der Waals surface area contributed by atoms with E-state index in [9.17, 15) is 27.9 Å². The first kappa shape index (κ1) is 25.7. The van der Waals surface area contributed by atoms with E-state index in [0.29, 0.717) is 24.0 Å². The van der Waals surface area contributed by atoms with Crippen molar-refractivity contribution in [3.8, 4) is 0 Å². The molecule has 0 heterocycles. The Labute approximate surface area is 191 Å². The van der Waals surface area contributed by atoms with E-state index in [1.165, 1.54) is 24.3 Å². The monoisotopic (exact) mass is 474 g/mol. The van der Waals surface area contributed by atoms with Crippen LogP contribution in [0, 0.1) is 5.41 Å². The van der Waals surface area contributed by atoms with Gasteiger partial charge in [0, 0.05) is 30.5 Å². The topological polar surface area (TPSA) is 180 Å². The Morgan fingerprint density at radius 2 is 1.52 bits per heavy atom. The van der Waals surface area contributed by atoms with Gasteiger partial charge in [-0.1, -0.05) is 42.5 Å². The van der Waals surface area contributed by atoms with Gasteiger partial charge in [-0.3, -0.25) is 19.8 Å². The predicted molar refractivity (Wildman–Crippen MR) is 121 cm³/mol. The van der Waals surface area contributed by atoms with Crippen molar-refractivity contribution < 1.29 is 27.9 Å². The van der Waals surface area contributed by atoms with Gasteiger partial charge in [0.25, 0.3) is 0 Å². The minimum absolute atomic E-state index is 0.0638. The number of amidine groups is 1. The Balaban J connectivity index is 1.76. The third-order valence-corrected chi connectivity index (χ3v) is 6.22. The van der Waals surface area contributed by atoms with Crippen molar-refractivity contribution in [3.63, 3.8) is 0 Å². The van der Waals surface area contributed by atoms with Crippen LogP contribution < -0.4 is 15.8 Å². The Morgan fingerprint density at radius 1 is 0.939 bits per heavy atom. The molecule has 0 unspecified atom stereocenters. The van der Waals surface area contributed by atoms with E-state index in [1.807, 2.05) is 0 Å². The van der Waals surface area contributed by atoms with Gasteiger partial charge in [0.05, 0.1) is 4.90 Å². The first-order valence-corrected chi connectivity index (χ1v) is 11.6. The highest BCUT2D eigenvalue weighted by molar-refractivity contribution is 7.89. The van der Waals surface area contributed by atoms with Crippen LogP contribution in [-0.2, 0) is 19.6 Å². The van der Waals surface area contributed by atoms with Crippen LogP contribution in [0.3, 0.4) is 0 Å². The number of amides is 1. The number of sulfonamides is 1. The van der Waals surface area contributed by atoms with Crippen LogP contribution in [-0.4, -0.2) is 49.6 Å². The molecule has 1 amide bonds. The summed E-state index contributed by atoms with van der Waals surface area (Å²) in [5.41, 5.74) is 6.38. The molecular weight excluding hydrogens is 448 g/mol. The fraction of sp³-hybridized carbons (Fsp3) is 0.273. The van der Waals surface area contributed by atoms with Crippen LogP contribution in [0.4, 0.5) is 0 Å². The average Bonchev–Trinajstić information content (AvgIpc) is 2.79. The van der Waals surface area contributed by atoms with Gasteiger partial charge in [0.2, 0.25) is 15.9 Å². The number of nitrogen functional groups attached to an aromatic ring is 1. The van der Waals surface area contributed by atoms with E-state index in [1.54, 1.807) is 30.3 Å². The summed E-state index contributed by atoms with van der Waals surface area (Å²) in [5, 5.41) is 19.0. The molecule has 1 atom stereocenters. The van der Waals surface area contributed by atoms with Crippen molar-refractivity contribution in [2.24, 2.45) is 5.73 Å². The molecule has 6 N–H and O–H groups in total. The van der Waals surface area contributed by atoms with E-state index >= 15 is 0 Å². The smallest absolute Gasteiger partial charge is 0.323 e. The lowest BCUT2D eigenvalue weighted by Gasteiger charge is -2.15. The number of benzene rings is 2. The Morgan fingerprint density at radius 3 is 2.09 bits per heavy atom. The van der Waals surface area contributed by atoms with Crippen LogP contribution in [0.5, 0.6) is 0 Å². The molecule has 0 aliphatic rings. The number of hydrogen-bond donors (Lipinski definition) is 5. The number of ketones is 1. The van der Waals surface area contributed by atoms with E-state index in [-0.39, 0.29) is 29.4 Å². The molecular formula is C22H26N4O6S. The zero-order chi connectivity index (χ0) is 24.4. The molecule has 2 aromatic rings. The maximum Gasteiger partial charge on any atom is 0.323 e. The van der Waals surface area contributed by atoms with Gasteiger partial charge in [-0.2, -0.15) is 4.72 Å². The Hall–Kier alpha value is -3.57. The minimum Gasteiger partial charge on any atom is -0.480 e. The van der Waals surface area contributed by atoms with E-state index in [4.69, 9.17) is 11.1 Å². The molecule has 0 aliphatic carbocycles. The molecule has 0 saturated heterocycles. The van der Waals surface area contributed by atoms with Crippen LogP contribution in [0.2, 0.25) is 0 Å². The number of nitrogens with one attached hydrogen (secondary N) is 3. The third-order valence-electron chi connectivity index (χ3n) is 4.73. The Kier molecular flexibility index (Phi) is 9.25. The number of Topliss-reactive ketones (excluding diaryl/α,β-unsaturated/α-hetero) is 1. The lowest BCUT2D eigenvalue weighted by Crippen LogP contribution is -2.48. The van der Waals surface area contributed by atoms with Crippen molar-refractivity contribution in [1.29, 1.82) is 5.41 Å². The molecule has 10 nitrogen and oxygen atoms in total. The highest BCUT2D eigenvalue weighted by atomic mass is 32.2. The number of carbonyl (C=O) groups is 3. The SMILES string of the molecule is N=C(N)c1ccc(C(=O)CCCCC(=O)NC[C@H](NS(=O)(=O)c2ccccc2)C(=O)O)cc1. The first-order valence-electron chi connectivity index (χ1n) is 10.1. The van der Waals surface area contributed by atoms with Gasteiger partial charge in [-0.15, -0.1) is 0 Å². The summed E-state index contributed by atoms with van der Waals surface area (Å²) < 4.78 is 26.7. The van der Waals surface area contributed by atoms with Crippen LogP contribution in [0.25, 0.3) is 0 Å². The first-order chi connectivity index (χ1) is 15.6. The maximum atomic E-state index is 12.3. The van der Waals surface area contributed by atoms with Gasteiger partial charge < -0.3 is 16.2 Å². The van der Waals surface area contributed by atoms with Crippen LogP contribution in [0.1, 0.15) is 41.6 Å². The molecule has 0 aliphatic heterocycles. The lowest BCUT2D eigenvalue weighted by molar-refractivity contribution is -0.138. The summed E-state index contributed by atoms with van der Waals surface area (Å²) in [6.45, 7) is -0.415. The summed E-state index contributed by atoms with van der Waals surface area (Å²) in [4.78, 5) is 35.6. The summed E-state index contributed by atoms with van der Waals surface area (Å²) >= 11 is 0. The number of aliphatic carboxylic acids is 1. The van der Waals surface area contributed by atoms with Crippen LogP contribution >= 0.6 is 0 Å². The van der Waals surface area contributed by atoms with Gasteiger partial charge >= 0.3 is 5.97 Å². The second-order valence-electron chi connectivity index (χ2n) is 7.25. The molecule has 0 saturated carbocycles. The Bertz CT molecular complexity index is 1100. The second-order valence-corrected chi connectivity index (χ2v) is 8.96. The molecule has 176 valence electrons. The number of carboxylic acid groups (broad SMARTS) is 1. The number of carbonyl (C=O) groups excluding carboxylic acids is 2. The molecule has 0 fully saturated rings. The fourth-order valence-corrected chi connectivity index (χ4v) is 4.10. The van der Waals surface area contributed by atoms with Crippen molar-refractivity contribution in [2.45, 2.75) is 36.6 Å². The van der Waals surface area contributed by atoms with Crippen molar-refractivity contribution in [3.05, 3.63) is 65.7 Å². The number of rotatable bonds is 13. The average molecular weight is 475 g/mol. The number of carboxylic acids is 1. The molecule has 0 spiro atoms. The zero-order valence-corrected chi connectivity index (χ0v) is 18.6. The van der Waals surface area contributed by atoms with Gasteiger partial charge in [-0.25, -0.2) is 8.42 Å². The van der Waals surface area contributed by atoms with E-state index < -0.39 is 34.5 Å². The molecule has 2 aromatic carbocycles. The molecule has 2 rings (SSSR count). The highest BCUT2D eigenvalue weighted by Gasteiger charge is 2.25. The van der Waals surface area contributed by atoms with E-state index in [2.05, 4.69) is 10.0 Å². The summed E-state index contributed by atoms with van der Waals surface area (Å²) in [5.74, 6) is -2.06. The quantitative estimate of drug-likeness (QED) is 0.125. The van der Waals surface area contributed by atoms with E-state index in [0.717, 1.165) is 0 Å². The fourth-order valence-electron chi connectivity index (χ4n) is 2.89. The third kappa shape index (κ3) is 8.13. The largest absolute Gasteiger partial charge is 0.480 e.